The summed E-state index contributed by atoms with van der Waals surface area (Å²) in [5.41, 5.74) is 4.95. The van der Waals surface area contributed by atoms with E-state index in [4.69, 9.17) is 15.2 Å². The Bertz CT molecular complexity index is 210. The third-order valence-corrected chi connectivity index (χ3v) is 2.42. The maximum absolute atomic E-state index is 10.7. The molecule has 2 atom stereocenters. The predicted octanol–water partition coefficient (Wildman–Crippen LogP) is 1.78. The van der Waals surface area contributed by atoms with Crippen LogP contribution in [0.15, 0.2) is 0 Å². The average Bonchev–Trinajstić information content (AvgIpc) is 2.17. The van der Waals surface area contributed by atoms with Crippen LogP contribution in [-0.4, -0.2) is 29.7 Å². The second-order valence-electron chi connectivity index (χ2n) is 3.88. The van der Waals surface area contributed by atoms with Crippen LogP contribution in [0.4, 0.5) is 4.79 Å². The normalized spacial score (nSPS) is 16.5. The first-order chi connectivity index (χ1) is 7.46. The first-order valence-electron chi connectivity index (χ1n) is 5.76. The lowest BCUT2D eigenvalue weighted by Gasteiger charge is -2.32. The Morgan fingerprint density at radius 2 is 2.06 bits per heavy atom. The van der Waals surface area contributed by atoms with E-state index in [1.807, 2.05) is 0 Å². The number of rotatable bonds is 8. The van der Waals surface area contributed by atoms with Crippen LogP contribution in [0.5, 0.6) is 0 Å². The van der Waals surface area contributed by atoms with E-state index in [9.17, 15) is 9.90 Å². The fourth-order valence-corrected chi connectivity index (χ4v) is 1.53. The quantitative estimate of drug-likeness (QED) is 0.494. The van der Waals surface area contributed by atoms with Gasteiger partial charge in [-0.1, -0.05) is 26.2 Å². The van der Waals surface area contributed by atoms with Gasteiger partial charge in [0.15, 0.2) is 0 Å². The number of hydrogen-bond acceptors (Lipinski definition) is 4. The third kappa shape index (κ3) is 5.32. The summed E-state index contributed by atoms with van der Waals surface area (Å²) >= 11 is 0. The van der Waals surface area contributed by atoms with Crippen LogP contribution in [0.2, 0.25) is 0 Å². The highest BCUT2D eigenvalue weighted by Crippen LogP contribution is 2.22. The van der Waals surface area contributed by atoms with Crippen molar-refractivity contribution in [2.24, 2.45) is 5.73 Å². The second kappa shape index (κ2) is 7.46. The largest absolute Gasteiger partial charge is 0.414 e. The molecule has 96 valence electrons. The Morgan fingerprint density at radius 3 is 2.50 bits per heavy atom. The number of primary amides is 1. The van der Waals surface area contributed by atoms with E-state index in [1.54, 1.807) is 6.92 Å². The van der Waals surface area contributed by atoms with E-state index in [0.29, 0.717) is 13.0 Å². The summed E-state index contributed by atoms with van der Waals surface area (Å²) in [6.07, 6.45) is 1.68. The monoisotopic (exact) mass is 233 g/mol. The molecule has 0 spiro atoms. The van der Waals surface area contributed by atoms with Gasteiger partial charge in [-0.2, -0.15) is 0 Å². The van der Waals surface area contributed by atoms with Crippen molar-refractivity contribution in [2.45, 2.75) is 58.3 Å². The number of nitrogens with two attached hydrogens (primary N) is 1. The molecule has 0 saturated heterocycles. The molecule has 0 aromatic rings. The summed E-state index contributed by atoms with van der Waals surface area (Å²) in [5.74, 6) is -1.34. The van der Waals surface area contributed by atoms with Crippen molar-refractivity contribution in [3.8, 4) is 0 Å². The lowest BCUT2D eigenvalue weighted by molar-refractivity contribution is -0.240. The Hall–Kier alpha value is -0.810. The second-order valence-corrected chi connectivity index (χ2v) is 3.88. The minimum absolute atomic E-state index is 0.342. The molecule has 0 aliphatic rings. The first kappa shape index (κ1) is 15.2. The van der Waals surface area contributed by atoms with Gasteiger partial charge >= 0.3 is 6.09 Å². The Morgan fingerprint density at radius 1 is 1.44 bits per heavy atom. The highest BCUT2D eigenvalue weighted by Gasteiger charge is 2.37. The summed E-state index contributed by atoms with van der Waals surface area (Å²) in [5, 5.41) is 9.92. The van der Waals surface area contributed by atoms with Gasteiger partial charge in [0.05, 0.1) is 0 Å². The Labute approximate surface area is 96.9 Å². The molecule has 0 bridgehead atoms. The van der Waals surface area contributed by atoms with Crippen LogP contribution in [0.1, 0.15) is 46.5 Å². The number of ether oxygens (including phenoxy) is 2. The fraction of sp³-hybridized carbons (Fsp3) is 0.909. The molecular formula is C11H23NO4. The van der Waals surface area contributed by atoms with E-state index in [-0.39, 0.29) is 0 Å². The molecule has 0 heterocycles. The molecule has 0 aliphatic heterocycles. The average molecular weight is 233 g/mol. The van der Waals surface area contributed by atoms with E-state index in [0.717, 1.165) is 19.3 Å². The standard InChI is InChI=1S/C11H23NO4/c1-4-6-7-8-9(13)11(3,15-5-2)16-10(12)14/h9,13H,4-8H2,1-3H3,(H2,12,14). The Balaban J connectivity index is 4.31. The topological polar surface area (TPSA) is 81.8 Å². The summed E-state index contributed by atoms with van der Waals surface area (Å²) in [4.78, 5) is 10.7. The highest BCUT2D eigenvalue weighted by molar-refractivity contribution is 5.65. The number of carbonyl (C=O) groups excluding carboxylic acids is 1. The smallest absolute Gasteiger partial charge is 0.407 e. The van der Waals surface area contributed by atoms with Crippen LogP contribution < -0.4 is 5.73 Å². The van der Waals surface area contributed by atoms with Crippen LogP contribution in [0.3, 0.4) is 0 Å². The van der Waals surface area contributed by atoms with Crippen molar-refractivity contribution in [3.05, 3.63) is 0 Å². The molecule has 0 aromatic heterocycles. The third-order valence-electron chi connectivity index (χ3n) is 2.42. The lowest BCUT2D eigenvalue weighted by Crippen LogP contribution is -2.47. The Kier molecular flexibility index (Phi) is 7.08. The number of amides is 1. The van der Waals surface area contributed by atoms with E-state index >= 15 is 0 Å². The van der Waals surface area contributed by atoms with E-state index < -0.39 is 18.0 Å². The molecule has 0 radical (unpaired) electrons. The number of aliphatic hydroxyl groups excluding tert-OH is 1. The van der Waals surface area contributed by atoms with Crippen LogP contribution >= 0.6 is 0 Å². The van der Waals surface area contributed by atoms with Crippen LogP contribution in [0.25, 0.3) is 0 Å². The zero-order valence-corrected chi connectivity index (χ0v) is 10.4. The van der Waals surface area contributed by atoms with Crippen molar-refractivity contribution in [2.75, 3.05) is 6.61 Å². The SMILES string of the molecule is CCCCCC(O)C(C)(OCC)OC(N)=O. The maximum atomic E-state index is 10.7. The van der Waals surface area contributed by atoms with Crippen LogP contribution in [-0.2, 0) is 9.47 Å². The molecule has 0 aromatic carbocycles. The zero-order valence-electron chi connectivity index (χ0n) is 10.4. The van der Waals surface area contributed by atoms with Gasteiger partial charge in [-0.3, -0.25) is 0 Å². The zero-order chi connectivity index (χ0) is 12.6. The minimum atomic E-state index is -1.34. The minimum Gasteiger partial charge on any atom is -0.414 e. The molecule has 2 unspecified atom stereocenters. The van der Waals surface area contributed by atoms with Crippen molar-refractivity contribution in [3.63, 3.8) is 0 Å². The van der Waals surface area contributed by atoms with Crippen LogP contribution in [0, 0.1) is 0 Å². The molecule has 1 amide bonds. The molecular weight excluding hydrogens is 210 g/mol. The van der Waals surface area contributed by atoms with Gasteiger partial charge in [0.1, 0.15) is 6.10 Å². The van der Waals surface area contributed by atoms with Crippen molar-refractivity contribution >= 4 is 6.09 Å². The van der Waals surface area contributed by atoms with Gasteiger partial charge in [0.2, 0.25) is 5.79 Å². The fourth-order valence-electron chi connectivity index (χ4n) is 1.53. The molecule has 0 rings (SSSR count). The molecule has 3 N–H and O–H groups in total. The summed E-state index contributed by atoms with van der Waals surface area (Å²) < 4.78 is 10.1. The van der Waals surface area contributed by atoms with E-state index in [2.05, 4.69) is 6.92 Å². The van der Waals surface area contributed by atoms with Crippen molar-refractivity contribution in [1.29, 1.82) is 0 Å². The number of aliphatic hydroxyl groups is 1. The van der Waals surface area contributed by atoms with Gasteiger partial charge in [-0.05, 0) is 13.3 Å². The van der Waals surface area contributed by atoms with Gasteiger partial charge in [-0.15, -0.1) is 0 Å². The van der Waals surface area contributed by atoms with Gasteiger partial charge in [0, 0.05) is 13.5 Å². The van der Waals surface area contributed by atoms with Gasteiger partial charge < -0.3 is 20.3 Å². The predicted molar refractivity (Wildman–Crippen MR) is 60.8 cm³/mol. The van der Waals surface area contributed by atoms with Crippen molar-refractivity contribution in [1.82, 2.24) is 0 Å². The maximum Gasteiger partial charge on any atom is 0.407 e. The molecule has 16 heavy (non-hydrogen) atoms. The molecule has 0 aliphatic carbocycles. The molecule has 5 nitrogen and oxygen atoms in total. The molecule has 5 heteroatoms. The summed E-state index contributed by atoms with van der Waals surface area (Å²) in [6.45, 7) is 5.71. The number of unbranched alkanes of at least 4 members (excludes halogenated alkanes) is 2. The summed E-state index contributed by atoms with van der Waals surface area (Å²) in [6, 6.07) is 0. The van der Waals surface area contributed by atoms with Gasteiger partial charge in [0.25, 0.3) is 0 Å². The van der Waals surface area contributed by atoms with E-state index in [1.165, 1.54) is 6.92 Å². The number of hydrogen-bond donors (Lipinski definition) is 2. The number of carbonyl (C=O) groups is 1. The summed E-state index contributed by atoms with van der Waals surface area (Å²) in [7, 11) is 0. The molecule has 0 fully saturated rings. The first-order valence-corrected chi connectivity index (χ1v) is 5.76. The lowest BCUT2D eigenvalue weighted by atomic mass is 10.0. The van der Waals surface area contributed by atoms with Gasteiger partial charge in [-0.25, -0.2) is 4.79 Å². The molecule has 0 saturated carbocycles. The van der Waals surface area contributed by atoms with Crippen molar-refractivity contribution < 1.29 is 19.4 Å². The highest BCUT2D eigenvalue weighted by atomic mass is 16.7.